The van der Waals surface area contributed by atoms with Gasteiger partial charge in [0.05, 0.1) is 11.5 Å². The zero-order chi connectivity index (χ0) is 15.3. The predicted octanol–water partition coefficient (Wildman–Crippen LogP) is 1.84. The number of nitrogens with one attached hydrogen (secondary N) is 1. The van der Waals surface area contributed by atoms with Crippen LogP contribution in [0.5, 0.6) is 0 Å². The van der Waals surface area contributed by atoms with Crippen LogP contribution in [0.3, 0.4) is 0 Å². The molecule has 0 aromatic heterocycles. The minimum Gasteiger partial charge on any atom is -0.481 e. The number of likely N-dealkylation sites (tertiary alicyclic amines) is 1. The first-order valence-electron chi connectivity index (χ1n) is 7.95. The number of piperidine rings is 1. The van der Waals surface area contributed by atoms with Crippen LogP contribution in [0.1, 0.15) is 45.4 Å². The quantitative estimate of drug-likeness (QED) is 0.812. The van der Waals surface area contributed by atoms with Crippen molar-refractivity contribution in [3.63, 3.8) is 0 Å². The Kier molecular flexibility index (Phi) is 5.45. The summed E-state index contributed by atoms with van der Waals surface area (Å²) < 4.78 is 5.52. The van der Waals surface area contributed by atoms with Gasteiger partial charge in [0.15, 0.2) is 0 Å². The molecule has 6 nitrogen and oxygen atoms in total. The van der Waals surface area contributed by atoms with Gasteiger partial charge in [0, 0.05) is 26.2 Å². The third-order valence-electron chi connectivity index (χ3n) is 4.76. The fourth-order valence-corrected chi connectivity index (χ4v) is 3.24. The average molecular weight is 298 g/mol. The van der Waals surface area contributed by atoms with E-state index in [0.29, 0.717) is 32.5 Å². The molecular weight excluding hydrogens is 272 g/mol. The van der Waals surface area contributed by atoms with Crippen molar-refractivity contribution >= 4 is 12.0 Å². The number of amides is 2. The molecule has 2 unspecified atom stereocenters. The summed E-state index contributed by atoms with van der Waals surface area (Å²) in [7, 11) is 0. The second-order valence-electron chi connectivity index (χ2n) is 6.12. The molecule has 0 aliphatic carbocycles. The van der Waals surface area contributed by atoms with E-state index in [0.717, 1.165) is 32.3 Å². The van der Waals surface area contributed by atoms with E-state index < -0.39 is 11.4 Å². The van der Waals surface area contributed by atoms with Crippen molar-refractivity contribution < 1.29 is 19.4 Å². The van der Waals surface area contributed by atoms with Crippen LogP contribution in [-0.4, -0.2) is 54.4 Å². The lowest BCUT2D eigenvalue weighted by atomic mass is 9.78. The van der Waals surface area contributed by atoms with E-state index in [-0.39, 0.29) is 12.1 Å². The number of aliphatic carboxylic acids is 1. The molecule has 2 N–H and O–H groups in total. The van der Waals surface area contributed by atoms with Crippen molar-refractivity contribution in [3.05, 3.63) is 0 Å². The molecule has 2 amide bonds. The summed E-state index contributed by atoms with van der Waals surface area (Å²) in [5.41, 5.74) is -0.774. The van der Waals surface area contributed by atoms with Gasteiger partial charge in [-0.15, -0.1) is 0 Å². The van der Waals surface area contributed by atoms with Crippen molar-refractivity contribution in [1.29, 1.82) is 0 Å². The van der Waals surface area contributed by atoms with Crippen LogP contribution in [0.4, 0.5) is 4.79 Å². The van der Waals surface area contributed by atoms with Gasteiger partial charge in [0.25, 0.3) is 0 Å². The van der Waals surface area contributed by atoms with E-state index in [1.807, 2.05) is 6.92 Å². The standard InChI is InChI=1S/C15H26N2O4/c1-2-15(13(18)19)7-4-9-17(11-15)14(20)16-8-6-12-5-3-10-21-12/h12H,2-11H2,1H3,(H,16,20)(H,18,19). The Labute approximate surface area is 125 Å². The van der Waals surface area contributed by atoms with Gasteiger partial charge in [0.1, 0.15) is 0 Å². The maximum absolute atomic E-state index is 12.2. The first-order chi connectivity index (χ1) is 10.1. The first kappa shape index (κ1) is 16.1. The molecule has 0 aromatic rings. The van der Waals surface area contributed by atoms with Crippen LogP contribution in [0.2, 0.25) is 0 Å². The molecule has 2 rings (SSSR count). The molecule has 0 bridgehead atoms. The van der Waals surface area contributed by atoms with Crippen LogP contribution in [-0.2, 0) is 9.53 Å². The molecule has 6 heteroatoms. The molecule has 0 spiro atoms. The number of ether oxygens (including phenoxy) is 1. The highest BCUT2D eigenvalue weighted by atomic mass is 16.5. The lowest BCUT2D eigenvalue weighted by Gasteiger charge is -2.39. The molecule has 2 atom stereocenters. The number of hydrogen-bond acceptors (Lipinski definition) is 3. The van der Waals surface area contributed by atoms with Gasteiger partial charge in [-0.05, 0) is 38.5 Å². The van der Waals surface area contributed by atoms with Crippen LogP contribution in [0.25, 0.3) is 0 Å². The van der Waals surface area contributed by atoms with E-state index in [2.05, 4.69) is 5.32 Å². The van der Waals surface area contributed by atoms with E-state index in [1.165, 1.54) is 0 Å². The summed E-state index contributed by atoms with van der Waals surface area (Å²) in [6.07, 6.45) is 5.22. The van der Waals surface area contributed by atoms with Crippen LogP contribution in [0.15, 0.2) is 0 Å². The van der Waals surface area contributed by atoms with Crippen molar-refractivity contribution in [2.75, 3.05) is 26.2 Å². The number of hydrogen-bond donors (Lipinski definition) is 2. The monoisotopic (exact) mass is 298 g/mol. The molecule has 0 aromatic carbocycles. The molecule has 21 heavy (non-hydrogen) atoms. The highest BCUT2D eigenvalue weighted by Gasteiger charge is 2.42. The summed E-state index contributed by atoms with van der Waals surface area (Å²) in [4.78, 5) is 25.3. The summed E-state index contributed by atoms with van der Waals surface area (Å²) in [5.74, 6) is -0.790. The lowest BCUT2D eigenvalue weighted by molar-refractivity contribution is -0.152. The fourth-order valence-electron chi connectivity index (χ4n) is 3.24. The van der Waals surface area contributed by atoms with Gasteiger partial charge in [-0.3, -0.25) is 4.79 Å². The average Bonchev–Trinajstić information content (AvgIpc) is 3.00. The Morgan fingerprint density at radius 3 is 2.86 bits per heavy atom. The second-order valence-corrected chi connectivity index (χ2v) is 6.12. The number of nitrogens with zero attached hydrogens (tertiary/aromatic N) is 1. The number of carbonyl (C=O) groups excluding carboxylic acids is 1. The normalized spacial score (nSPS) is 29.4. The van der Waals surface area contributed by atoms with Crippen molar-refractivity contribution in [2.45, 2.75) is 51.6 Å². The van der Waals surface area contributed by atoms with E-state index >= 15 is 0 Å². The Hall–Kier alpha value is -1.30. The highest BCUT2D eigenvalue weighted by Crippen LogP contribution is 2.33. The highest BCUT2D eigenvalue weighted by molar-refractivity contribution is 5.78. The first-order valence-corrected chi connectivity index (χ1v) is 7.95. The number of carbonyl (C=O) groups is 2. The maximum Gasteiger partial charge on any atom is 0.317 e. The second kappa shape index (κ2) is 7.11. The minimum absolute atomic E-state index is 0.147. The third kappa shape index (κ3) is 3.87. The molecule has 2 aliphatic heterocycles. The van der Waals surface area contributed by atoms with Gasteiger partial charge in [-0.25, -0.2) is 4.79 Å². The van der Waals surface area contributed by atoms with Gasteiger partial charge >= 0.3 is 12.0 Å². The Morgan fingerprint density at radius 1 is 1.43 bits per heavy atom. The molecule has 2 fully saturated rings. The van der Waals surface area contributed by atoms with Crippen molar-refractivity contribution in [2.24, 2.45) is 5.41 Å². The summed E-state index contributed by atoms with van der Waals surface area (Å²) >= 11 is 0. The SMILES string of the molecule is CCC1(C(=O)O)CCCN(C(=O)NCCC2CCCO2)C1. The van der Waals surface area contributed by atoms with Crippen molar-refractivity contribution in [3.8, 4) is 0 Å². The number of carboxylic acid groups (broad SMARTS) is 1. The summed E-state index contributed by atoms with van der Waals surface area (Å²) in [5, 5.41) is 12.3. The fraction of sp³-hybridized carbons (Fsp3) is 0.867. The largest absolute Gasteiger partial charge is 0.481 e. The van der Waals surface area contributed by atoms with E-state index in [1.54, 1.807) is 4.90 Å². The van der Waals surface area contributed by atoms with Crippen LogP contribution >= 0.6 is 0 Å². The zero-order valence-electron chi connectivity index (χ0n) is 12.8. The summed E-state index contributed by atoms with van der Waals surface area (Å²) in [6, 6.07) is -0.147. The smallest absolute Gasteiger partial charge is 0.317 e. The molecule has 2 aliphatic rings. The van der Waals surface area contributed by atoms with Gasteiger partial charge in [0.2, 0.25) is 0 Å². The van der Waals surface area contributed by atoms with Gasteiger partial charge < -0.3 is 20.1 Å². The summed E-state index contributed by atoms with van der Waals surface area (Å²) in [6.45, 7) is 4.24. The van der Waals surface area contributed by atoms with Crippen LogP contribution in [0, 0.1) is 5.41 Å². The number of rotatable bonds is 5. The lowest BCUT2D eigenvalue weighted by Crippen LogP contribution is -2.52. The maximum atomic E-state index is 12.2. The molecule has 0 saturated carbocycles. The third-order valence-corrected chi connectivity index (χ3v) is 4.76. The number of urea groups is 1. The van der Waals surface area contributed by atoms with E-state index in [9.17, 15) is 14.7 Å². The Bertz CT molecular complexity index is 382. The van der Waals surface area contributed by atoms with E-state index in [4.69, 9.17) is 4.74 Å². The zero-order valence-corrected chi connectivity index (χ0v) is 12.8. The number of carboxylic acids is 1. The topological polar surface area (TPSA) is 78.9 Å². The van der Waals surface area contributed by atoms with Gasteiger partial charge in [-0.1, -0.05) is 6.92 Å². The van der Waals surface area contributed by atoms with Gasteiger partial charge in [-0.2, -0.15) is 0 Å². The molecule has 2 saturated heterocycles. The predicted molar refractivity (Wildman–Crippen MR) is 78.2 cm³/mol. The molecule has 120 valence electrons. The van der Waals surface area contributed by atoms with Crippen molar-refractivity contribution in [1.82, 2.24) is 10.2 Å². The Balaban J connectivity index is 1.79. The Morgan fingerprint density at radius 2 is 2.24 bits per heavy atom. The molecule has 2 heterocycles. The molecule has 0 radical (unpaired) electrons. The minimum atomic E-state index is -0.790. The molecular formula is C15H26N2O4. The van der Waals surface area contributed by atoms with Crippen LogP contribution < -0.4 is 5.32 Å².